The number of anilines is 2. The molecule has 1 unspecified atom stereocenters. The van der Waals surface area contributed by atoms with Crippen molar-refractivity contribution in [3.05, 3.63) is 54.1 Å². The number of rotatable bonds is 7. The number of fused-ring (bicyclic) bond motifs is 3. The van der Waals surface area contributed by atoms with Crippen LogP contribution in [0.5, 0.6) is 0 Å². The molecule has 1 N–H and O–H groups in total. The molecule has 0 saturated heterocycles. The maximum Gasteiger partial charge on any atom is 0.416 e. The summed E-state index contributed by atoms with van der Waals surface area (Å²) in [6.45, 7) is 0.840. The van der Waals surface area contributed by atoms with Crippen LogP contribution in [0.1, 0.15) is 24.4 Å². The van der Waals surface area contributed by atoms with Crippen molar-refractivity contribution in [3.8, 4) is 0 Å². The molecule has 32 heavy (non-hydrogen) atoms. The average molecular weight is 446 g/mol. The molecule has 1 aliphatic heterocycles. The zero-order valence-electron chi connectivity index (χ0n) is 17.2. The summed E-state index contributed by atoms with van der Waals surface area (Å²) in [5, 5.41) is 2.48. The van der Waals surface area contributed by atoms with Crippen LogP contribution in [0.3, 0.4) is 0 Å². The largest absolute Gasteiger partial charge is 0.416 e. The first kappa shape index (κ1) is 21.8. The molecule has 2 heterocycles. The topological polar surface area (TPSA) is 76.5 Å². The number of ether oxygens (including phenoxy) is 1. The van der Waals surface area contributed by atoms with Crippen molar-refractivity contribution in [1.82, 2.24) is 9.55 Å². The number of alkyl halides is 3. The number of carbonyl (C=O) groups is 2. The molecule has 168 valence electrons. The minimum absolute atomic E-state index is 0.0166. The van der Waals surface area contributed by atoms with Crippen LogP contribution in [0, 0.1) is 0 Å². The van der Waals surface area contributed by atoms with Crippen LogP contribution in [0.15, 0.2) is 48.5 Å². The second kappa shape index (κ2) is 8.62. The van der Waals surface area contributed by atoms with Gasteiger partial charge in [-0.3, -0.25) is 19.1 Å². The monoisotopic (exact) mass is 446 g/mol. The van der Waals surface area contributed by atoms with Gasteiger partial charge in [0, 0.05) is 25.9 Å². The highest BCUT2D eigenvalue weighted by Gasteiger charge is 2.40. The lowest BCUT2D eigenvalue weighted by Gasteiger charge is -2.16. The summed E-state index contributed by atoms with van der Waals surface area (Å²) in [4.78, 5) is 31.9. The molecule has 0 aliphatic carbocycles. The van der Waals surface area contributed by atoms with E-state index in [9.17, 15) is 22.8 Å². The maximum absolute atomic E-state index is 13.1. The van der Waals surface area contributed by atoms with Crippen molar-refractivity contribution in [2.24, 2.45) is 0 Å². The van der Waals surface area contributed by atoms with E-state index in [0.717, 1.165) is 12.1 Å². The quantitative estimate of drug-likeness (QED) is 0.557. The summed E-state index contributed by atoms with van der Waals surface area (Å²) >= 11 is 0. The Morgan fingerprint density at radius 3 is 2.72 bits per heavy atom. The Morgan fingerprint density at radius 1 is 1.19 bits per heavy atom. The van der Waals surface area contributed by atoms with Crippen molar-refractivity contribution in [1.29, 1.82) is 0 Å². The molecule has 1 atom stereocenters. The fraction of sp³-hybridized carbons (Fsp3) is 0.318. The average Bonchev–Trinajstić information content (AvgIpc) is 3.24. The van der Waals surface area contributed by atoms with E-state index in [-0.39, 0.29) is 18.0 Å². The summed E-state index contributed by atoms with van der Waals surface area (Å²) in [6, 6.07) is 10.8. The Hall–Kier alpha value is -3.40. The lowest BCUT2D eigenvalue weighted by Crippen LogP contribution is -2.32. The van der Waals surface area contributed by atoms with Crippen LogP contribution in [0.2, 0.25) is 0 Å². The predicted molar refractivity (Wildman–Crippen MR) is 112 cm³/mol. The van der Waals surface area contributed by atoms with Gasteiger partial charge >= 0.3 is 6.18 Å². The van der Waals surface area contributed by atoms with Crippen LogP contribution in [0.25, 0.3) is 11.0 Å². The minimum atomic E-state index is -4.52. The Bertz CT molecular complexity index is 1160. The highest BCUT2D eigenvalue weighted by atomic mass is 19.4. The van der Waals surface area contributed by atoms with Crippen molar-refractivity contribution >= 4 is 34.5 Å². The van der Waals surface area contributed by atoms with E-state index in [1.165, 1.54) is 17.0 Å². The molecule has 2 amide bonds. The number of hydrogen-bond acceptors (Lipinski definition) is 4. The normalized spacial score (nSPS) is 15.9. The number of carbonyl (C=O) groups excluding carboxylic acids is 2. The minimum Gasteiger partial charge on any atom is -0.385 e. The van der Waals surface area contributed by atoms with Gasteiger partial charge in [-0.25, -0.2) is 4.98 Å². The van der Waals surface area contributed by atoms with Gasteiger partial charge in [0.25, 0.3) is 5.91 Å². The molecule has 1 aliphatic rings. The molecule has 0 spiro atoms. The van der Waals surface area contributed by atoms with Gasteiger partial charge in [-0.1, -0.05) is 18.2 Å². The Balaban J connectivity index is 1.58. The zero-order chi connectivity index (χ0) is 22.9. The van der Waals surface area contributed by atoms with Crippen LogP contribution in [-0.2, 0) is 20.5 Å². The number of methoxy groups -OCH3 is 1. The third-order valence-corrected chi connectivity index (χ3v) is 5.26. The van der Waals surface area contributed by atoms with Crippen LogP contribution >= 0.6 is 0 Å². The van der Waals surface area contributed by atoms with Gasteiger partial charge in [0.2, 0.25) is 11.9 Å². The maximum atomic E-state index is 13.1. The van der Waals surface area contributed by atoms with E-state index in [4.69, 9.17) is 4.74 Å². The summed E-state index contributed by atoms with van der Waals surface area (Å²) in [6.07, 6.45) is -4.16. The molecule has 2 aromatic carbocycles. The number of benzene rings is 2. The number of nitrogens with zero attached hydrogens (tertiary/aromatic N) is 3. The number of para-hydroxylation sites is 2. The molecular formula is C22H21F3N4O3. The van der Waals surface area contributed by atoms with Gasteiger partial charge in [-0.15, -0.1) is 0 Å². The Labute approximate surface area is 181 Å². The molecule has 10 heteroatoms. The van der Waals surface area contributed by atoms with Gasteiger partial charge in [0.05, 0.1) is 23.0 Å². The number of halogens is 3. The molecule has 3 aromatic rings. The third-order valence-electron chi connectivity index (χ3n) is 5.26. The molecule has 0 saturated carbocycles. The number of hydrogen-bond donors (Lipinski definition) is 1. The third kappa shape index (κ3) is 4.18. The zero-order valence-corrected chi connectivity index (χ0v) is 17.2. The van der Waals surface area contributed by atoms with E-state index in [2.05, 4.69) is 10.3 Å². The van der Waals surface area contributed by atoms with E-state index in [0.29, 0.717) is 36.6 Å². The molecular weight excluding hydrogens is 425 g/mol. The molecule has 0 bridgehead atoms. The molecule has 4 rings (SSSR count). The fourth-order valence-corrected chi connectivity index (χ4v) is 3.84. The molecule has 0 fully saturated rings. The number of aromatic nitrogens is 2. The summed E-state index contributed by atoms with van der Waals surface area (Å²) in [5.41, 5.74) is 0.555. The second-order valence-corrected chi connectivity index (χ2v) is 7.45. The Morgan fingerprint density at radius 2 is 1.97 bits per heavy atom. The van der Waals surface area contributed by atoms with Crippen LogP contribution < -0.4 is 10.2 Å². The van der Waals surface area contributed by atoms with Crippen LogP contribution in [-0.4, -0.2) is 41.6 Å². The lowest BCUT2D eigenvalue weighted by molar-refractivity contribution is -0.137. The summed E-state index contributed by atoms with van der Waals surface area (Å²) in [7, 11) is 1.57. The van der Waals surface area contributed by atoms with Crippen LogP contribution in [0.4, 0.5) is 24.8 Å². The highest BCUT2D eigenvalue weighted by Crippen LogP contribution is 2.37. The first-order valence-electron chi connectivity index (χ1n) is 10.0. The van der Waals surface area contributed by atoms with E-state index >= 15 is 0 Å². The van der Waals surface area contributed by atoms with Crippen molar-refractivity contribution in [3.63, 3.8) is 0 Å². The van der Waals surface area contributed by atoms with Crippen molar-refractivity contribution in [2.75, 3.05) is 30.5 Å². The molecule has 7 nitrogen and oxygen atoms in total. The van der Waals surface area contributed by atoms with Gasteiger partial charge in [0.15, 0.2) is 0 Å². The standard InChI is InChI=1S/C22H21F3N4O3/c1-32-11-5-10-28-20(31)18(29-17-9-3-2-8-16(17)27-21(28)29)13-19(30)26-15-7-4-6-14(12-15)22(23,24)25/h2-4,6-9,12,18H,5,10-11,13H2,1H3,(H,26,30). The number of nitrogens with one attached hydrogen (secondary N) is 1. The van der Waals surface area contributed by atoms with E-state index in [1.807, 2.05) is 24.3 Å². The second-order valence-electron chi connectivity index (χ2n) is 7.45. The Kier molecular flexibility index (Phi) is 5.88. The van der Waals surface area contributed by atoms with Gasteiger partial charge in [-0.05, 0) is 36.8 Å². The predicted octanol–water partition coefficient (Wildman–Crippen LogP) is 4.01. The van der Waals surface area contributed by atoms with Crippen molar-refractivity contribution < 1.29 is 27.5 Å². The van der Waals surface area contributed by atoms with Gasteiger partial charge in [0.1, 0.15) is 6.04 Å². The fourth-order valence-electron chi connectivity index (χ4n) is 3.84. The molecule has 0 radical (unpaired) electrons. The van der Waals surface area contributed by atoms with E-state index < -0.39 is 23.7 Å². The van der Waals surface area contributed by atoms with Crippen molar-refractivity contribution in [2.45, 2.75) is 25.1 Å². The molecule has 1 aromatic heterocycles. The summed E-state index contributed by atoms with van der Waals surface area (Å²) < 4.78 is 45.6. The smallest absolute Gasteiger partial charge is 0.385 e. The number of imidazole rings is 1. The SMILES string of the molecule is COCCCN1C(=O)C(CC(=O)Nc2cccc(C(F)(F)F)c2)n2c1nc1ccccc12. The highest BCUT2D eigenvalue weighted by molar-refractivity contribution is 6.05. The number of amides is 2. The van der Waals surface area contributed by atoms with E-state index in [1.54, 1.807) is 11.7 Å². The van der Waals surface area contributed by atoms with Gasteiger partial charge in [-0.2, -0.15) is 13.2 Å². The van der Waals surface area contributed by atoms with Gasteiger partial charge < -0.3 is 10.1 Å². The first-order valence-corrected chi connectivity index (χ1v) is 10.0. The first-order chi connectivity index (χ1) is 15.3. The summed E-state index contributed by atoms with van der Waals surface area (Å²) in [5.74, 6) is -0.400. The lowest BCUT2D eigenvalue weighted by atomic mass is 10.1.